The van der Waals surface area contributed by atoms with Crippen LogP contribution in [0.2, 0.25) is 0 Å². The molecule has 2 amide bonds. The number of aliphatic hydroxyl groups is 1. The second-order valence-corrected chi connectivity index (χ2v) is 4.06. The van der Waals surface area contributed by atoms with E-state index in [1.54, 1.807) is 19.0 Å². The molecule has 0 aliphatic heterocycles. The zero-order chi connectivity index (χ0) is 13.3. The molecule has 0 rings (SSSR count). The van der Waals surface area contributed by atoms with Crippen LogP contribution in [-0.4, -0.2) is 73.6 Å². The van der Waals surface area contributed by atoms with Gasteiger partial charge in [0.05, 0.1) is 19.7 Å². The molecule has 0 unspecified atom stereocenters. The largest absolute Gasteiger partial charge is 0.395 e. The molecule has 0 aliphatic rings. The fourth-order valence-corrected chi connectivity index (χ4v) is 1.23. The molecule has 6 nitrogen and oxygen atoms in total. The molecule has 0 saturated heterocycles. The van der Waals surface area contributed by atoms with E-state index in [4.69, 9.17) is 5.11 Å². The first-order valence-electron chi connectivity index (χ1n) is 5.81. The molecular formula is C11H23N3O3. The van der Waals surface area contributed by atoms with Gasteiger partial charge >= 0.3 is 0 Å². The van der Waals surface area contributed by atoms with Gasteiger partial charge < -0.3 is 15.3 Å². The van der Waals surface area contributed by atoms with E-state index in [2.05, 4.69) is 5.32 Å². The van der Waals surface area contributed by atoms with Gasteiger partial charge in [-0.05, 0) is 13.5 Å². The smallest absolute Gasteiger partial charge is 0.239 e. The fourth-order valence-electron chi connectivity index (χ4n) is 1.23. The van der Waals surface area contributed by atoms with Crippen molar-refractivity contribution >= 4 is 11.8 Å². The van der Waals surface area contributed by atoms with Crippen molar-refractivity contribution in [3.8, 4) is 0 Å². The van der Waals surface area contributed by atoms with E-state index >= 15 is 0 Å². The lowest BCUT2D eigenvalue weighted by molar-refractivity contribution is -0.135. The maximum Gasteiger partial charge on any atom is 0.239 e. The minimum absolute atomic E-state index is 0.0183. The van der Waals surface area contributed by atoms with Crippen molar-refractivity contribution in [2.75, 3.05) is 46.9 Å². The van der Waals surface area contributed by atoms with Crippen LogP contribution in [0.4, 0.5) is 0 Å². The summed E-state index contributed by atoms with van der Waals surface area (Å²) in [6.07, 6.45) is 0.878. The van der Waals surface area contributed by atoms with Crippen LogP contribution in [0.5, 0.6) is 0 Å². The lowest BCUT2D eigenvalue weighted by Crippen LogP contribution is -2.43. The third-order valence-electron chi connectivity index (χ3n) is 2.27. The molecule has 0 bridgehead atoms. The summed E-state index contributed by atoms with van der Waals surface area (Å²) in [6.45, 7) is 3.35. The summed E-state index contributed by atoms with van der Waals surface area (Å²) >= 11 is 0. The third kappa shape index (κ3) is 7.70. The Morgan fingerprint density at radius 2 is 1.88 bits per heavy atom. The number of carbonyl (C=O) groups is 2. The summed E-state index contributed by atoms with van der Waals surface area (Å²) < 4.78 is 0. The lowest BCUT2D eigenvalue weighted by Gasteiger charge is -2.20. The second kappa shape index (κ2) is 8.95. The predicted octanol–water partition coefficient (Wildman–Crippen LogP) is -1.10. The molecule has 0 aromatic rings. The van der Waals surface area contributed by atoms with E-state index in [1.165, 1.54) is 4.90 Å². The number of hydrogen-bond acceptors (Lipinski definition) is 4. The Morgan fingerprint density at radius 3 is 2.41 bits per heavy atom. The molecule has 2 N–H and O–H groups in total. The summed E-state index contributed by atoms with van der Waals surface area (Å²) in [7, 11) is 3.35. The number of rotatable bonds is 8. The summed E-state index contributed by atoms with van der Waals surface area (Å²) in [4.78, 5) is 26.1. The molecule has 6 heteroatoms. The van der Waals surface area contributed by atoms with Crippen molar-refractivity contribution < 1.29 is 14.7 Å². The minimum atomic E-state index is -0.146. The van der Waals surface area contributed by atoms with Gasteiger partial charge in [-0.2, -0.15) is 0 Å². The molecule has 0 aromatic heterocycles. The fraction of sp³-hybridized carbons (Fsp3) is 0.818. The van der Waals surface area contributed by atoms with Crippen LogP contribution >= 0.6 is 0 Å². The maximum absolute atomic E-state index is 11.7. The topological polar surface area (TPSA) is 72.9 Å². The van der Waals surface area contributed by atoms with Gasteiger partial charge in [-0.25, -0.2) is 0 Å². The Balaban J connectivity index is 3.92. The third-order valence-corrected chi connectivity index (χ3v) is 2.27. The summed E-state index contributed by atoms with van der Waals surface area (Å²) in [5.74, 6) is -0.278. The quantitative estimate of drug-likeness (QED) is 0.569. The van der Waals surface area contributed by atoms with Crippen LogP contribution in [0.3, 0.4) is 0 Å². The average Bonchev–Trinajstić information content (AvgIpc) is 2.26. The molecule has 0 radical (unpaired) electrons. The highest BCUT2D eigenvalue weighted by Gasteiger charge is 2.14. The van der Waals surface area contributed by atoms with Gasteiger partial charge in [0, 0.05) is 20.1 Å². The van der Waals surface area contributed by atoms with Crippen molar-refractivity contribution in [1.29, 1.82) is 0 Å². The van der Waals surface area contributed by atoms with Crippen molar-refractivity contribution in [1.82, 2.24) is 15.1 Å². The van der Waals surface area contributed by atoms with Gasteiger partial charge in [0.15, 0.2) is 0 Å². The molecule has 0 spiro atoms. The molecule has 0 fully saturated rings. The van der Waals surface area contributed by atoms with E-state index < -0.39 is 0 Å². The summed E-state index contributed by atoms with van der Waals surface area (Å²) in [5, 5.41) is 11.4. The van der Waals surface area contributed by atoms with Gasteiger partial charge in [0.25, 0.3) is 0 Å². The standard InChI is InChI=1S/C11H23N3O3/c1-4-5-12-10(16)8-14(3)11(17)9-13(2)6-7-15/h15H,4-9H2,1-3H3,(H,12,16). The van der Waals surface area contributed by atoms with E-state index in [-0.39, 0.29) is 31.5 Å². The highest BCUT2D eigenvalue weighted by Crippen LogP contribution is 1.89. The van der Waals surface area contributed by atoms with E-state index in [0.29, 0.717) is 13.1 Å². The van der Waals surface area contributed by atoms with Crippen molar-refractivity contribution in [3.63, 3.8) is 0 Å². The van der Waals surface area contributed by atoms with Gasteiger partial charge in [0.2, 0.25) is 11.8 Å². The lowest BCUT2D eigenvalue weighted by atomic mass is 10.4. The number of aliphatic hydroxyl groups excluding tert-OH is 1. The number of likely N-dealkylation sites (N-methyl/N-ethyl adjacent to an activating group) is 2. The number of nitrogens with zero attached hydrogens (tertiary/aromatic N) is 2. The molecule has 0 saturated carbocycles. The highest BCUT2D eigenvalue weighted by molar-refractivity contribution is 5.85. The monoisotopic (exact) mass is 245 g/mol. The molecule has 0 aliphatic carbocycles. The van der Waals surface area contributed by atoms with E-state index in [0.717, 1.165) is 6.42 Å². The average molecular weight is 245 g/mol. The van der Waals surface area contributed by atoms with Crippen LogP contribution in [-0.2, 0) is 9.59 Å². The van der Waals surface area contributed by atoms with Gasteiger partial charge in [-0.1, -0.05) is 6.92 Å². The predicted molar refractivity (Wildman–Crippen MR) is 65.5 cm³/mol. The van der Waals surface area contributed by atoms with Crippen LogP contribution in [0, 0.1) is 0 Å². The highest BCUT2D eigenvalue weighted by atomic mass is 16.3. The molecule has 0 heterocycles. The van der Waals surface area contributed by atoms with E-state index in [1.807, 2.05) is 6.92 Å². The van der Waals surface area contributed by atoms with Gasteiger partial charge in [-0.15, -0.1) is 0 Å². The molecular weight excluding hydrogens is 222 g/mol. The van der Waals surface area contributed by atoms with Crippen molar-refractivity contribution in [2.24, 2.45) is 0 Å². The van der Waals surface area contributed by atoms with E-state index in [9.17, 15) is 9.59 Å². The first-order valence-corrected chi connectivity index (χ1v) is 5.81. The van der Waals surface area contributed by atoms with Crippen LogP contribution < -0.4 is 5.32 Å². The number of hydrogen-bond donors (Lipinski definition) is 2. The van der Waals surface area contributed by atoms with Gasteiger partial charge in [-0.3, -0.25) is 14.5 Å². The summed E-state index contributed by atoms with van der Waals surface area (Å²) in [6, 6.07) is 0. The van der Waals surface area contributed by atoms with Crippen LogP contribution in [0.1, 0.15) is 13.3 Å². The Morgan fingerprint density at radius 1 is 1.24 bits per heavy atom. The minimum Gasteiger partial charge on any atom is -0.395 e. The maximum atomic E-state index is 11.7. The summed E-state index contributed by atoms with van der Waals surface area (Å²) in [5.41, 5.74) is 0. The Hall–Kier alpha value is -1.14. The molecule has 17 heavy (non-hydrogen) atoms. The zero-order valence-corrected chi connectivity index (χ0v) is 10.9. The first kappa shape index (κ1) is 15.9. The zero-order valence-electron chi connectivity index (χ0n) is 10.9. The Kier molecular flexibility index (Phi) is 8.35. The first-order chi connectivity index (χ1) is 8.01. The van der Waals surface area contributed by atoms with Gasteiger partial charge in [0.1, 0.15) is 0 Å². The normalized spacial score (nSPS) is 10.4. The number of amides is 2. The van der Waals surface area contributed by atoms with Crippen molar-refractivity contribution in [3.05, 3.63) is 0 Å². The molecule has 0 atom stereocenters. The Labute approximate surface area is 103 Å². The van der Waals surface area contributed by atoms with Crippen LogP contribution in [0.15, 0.2) is 0 Å². The second-order valence-electron chi connectivity index (χ2n) is 4.06. The molecule has 0 aromatic carbocycles. The number of nitrogens with one attached hydrogen (secondary N) is 1. The van der Waals surface area contributed by atoms with Crippen LogP contribution in [0.25, 0.3) is 0 Å². The number of carbonyl (C=O) groups excluding carboxylic acids is 2. The SMILES string of the molecule is CCCNC(=O)CN(C)C(=O)CN(C)CCO. The molecule has 100 valence electrons. The Bertz CT molecular complexity index is 246. The van der Waals surface area contributed by atoms with Crippen molar-refractivity contribution in [2.45, 2.75) is 13.3 Å².